The molecule has 28 heavy (non-hydrogen) atoms. The Morgan fingerprint density at radius 1 is 1.11 bits per heavy atom. The lowest BCUT2D eigenvalue weighted by Gasteiger charge is -2.09. The first-order chi connectivity index (χ1) is 13.5. The number of carbonyl (C=O) groups excluding carboxylic acids is 1. The third kappa shape index (κ3) is 5.20. The van der Waals surface area contributed by atoms with E-state index in [-0.39, 0.29) is 11.7 Å². The maximum Gasteiger partial charge on any atom is 0.269 e. The van der Waals surface area contributed by atoms with Crippen LogP contribution in [0.3, 0.4) is 0 Å². The van der Waals surface area contributed by atoms with Crippen LogP contribution in [-0.4, -0.2) is 24.5 Å². The van der Waals surface area contributed by atoms with Gasteiger partial charge in [0.15, 0.2) is 0 Å². The van der Waals surface area contributed by atoms with Gasteiger partial charge in [0.25, 0.3) is 5.91 Å². The highest BCUT2D eigenvalue weighted by Gasteiger charge is 2.07. The normalized spacial score (nSPS) is 10.4. The molecule has 0 saturated carbocycles. The molecule has 0 saturated heterocycles. The summed E-state index contributed by atoms with van der Waals surface area (Å²) < 4.78 is 18.0. The number of aromatic nitrogens is 1. The van der Waals surface area contributed by atoms with Crippen LogP contribution in [0.2, 0.25) is 5.02 Å². The molecule has 1 aromatic heterocycles. The summed E-state index contributed by atoms with van der Waals surface area (Å²) in [5.74, 6) is 0.0572. The second-order valence-electron chi connectivity index (χ2n) is 6.04. The number of rotatable bonds is 7. The van der Waals surface area contributed by atoms with Gasteiger partial charge in [0.2, 0.25) is 0 Å². The topological polar surface area (TPSA) is 63.2 Å². The van der Waals surface area contributed by atoms with E-state index in [0.29, 0.717) is 29.4 Å². The van der Waals surface area contributed by atoms with Gasteiger partial charge in [-0.15, -0.1) is 0 Å². The van der Waals surface area contributed by atoms with Gasteiger partial charge in [-0.1, -0.05) is 23.7 Å². The molecule has 144 valence electrons. The minimum atomic E-state index is -0.275. The number of nitrogens with one attached hydrogen (secondary N) is 2. The van der Waals surface area contributed by atoms with E-state index in [1.54, 1.807) is 49.7 Å². The second kappa shape index (κ2) is 9.19. The first-order valence-electron chi connectivity index (χ1n) is 8.64. The number of pyridine rings is 1. The number of ether oxygens (including phenoxy) is 1. The molecule has 3 rings (SSSR count). The highest BCUT2D eigenvalue weighted by atomic mass is 35.5. The smallest absolute Gasteiger partial charge is 0.269 e. The Balaban J connectivity index is 1.53. The predicted octanol–water partition coefficient (Wildman–Crippen LogP) is 4.60. The molecule has 0 atom stereocenters. The third-order valence-corrected chi connectivity index (χ3v) is 4.34. The number of amides is 1. The van der Waals surface area contributed by atoms with E-state index >= 15 is 0 Å². The summed E-state index contributed by atoms with van der Waals surface area (Å²) in [4.78, 5) is 16.4. The van der Waals surface area contributed by atoms with Crippen LogP contribution in [-0.2, 0) is 6.42 Å². The average molecular weight is 400 g/mol. The van der Waals surface area contributed by atoms with E-state index in [2.05, 4.69) is 15.6 Å². The van der Waals surface area contributed by atoms with Gasteiger partial charge in [0.1, 0.15) is 17.3 Å². The van der Waals surface area contributed by atoms with Crippen molar-refractivity contribution in [1.82, 2.24) is 10.3 Å². The first kappa shape index (κ1) is 19.6. The molecular weight excluding hydrogens is 381 g/mol. The van der Waals surface area contributed by atoms with Gasteiger partial charge in [0, 0.05) is 12.2 Å². The minimum absolute atomic E-state index is 0.263. The van der Waals surface area contributed by atoms with Crippen molar-refractivity contribution < 1.29 is 13.9 Å². The Kier molecular flexibility index (Phi) is 6.45. The number of hydrogen-bond donors (Lipinski definition) is 2. The number of carbonyl (C=O) groups is 1. The van der Waals surface area contributed by atoms with E-state index < -0.39 is 0 Å². The van der Waals surface area contributed by atoms with Gasteiger partial charge in [-0.2, -0.15) is 0 Å². The molecule has 5 nitrogen and oxygen atoms in total. The molecular formula is C21H19ClFN3O2. The van der Waals surface area contributed by atoms with Crippen molar-refractivity contribution in [3.63, 3.8) is 0 Å². The molecule has 2 aromatic carbocycles. The van der Waals surface area contributed by atoms with Gasteiger partial charge < -0.3 is 15.4 Å². The standard InChI is InChI=1S/C21H19ClFN3O2/c1-28-20-9-7-16(12-18(20)22)26-17-6-8-19(25-13-17)21(27)24-11-10-14-2-4-15(23)5-3-14/h2-9,12-13,26H,10-11H2,1H3,(H,24,27). The van der Waals surface area contributed by atoms with Gasteiger partial charge >= 0.3 is 0 Å². The average Bonchev–Trinajstić information content (AvgIpc) is 2.70. The summed E-state index contributed by atoms with van der Waals surface area (Å²) in [7, 11) is 1.56. The third-order valence-electron chi connectivity index (χ3n) is 4.05. The van der Waals surface area contributed by atoms with Crippen molar-refractivity contribution in [2.75, 3.05) is 19.0 Å². The Morgan fingerprint density at radius 3 is 2.50 bits per heavy atom. The number of methoxy groups -OCH3 is 1. The molecule has 0 aliphatic heterocycles. The van der Waals surface area contributed by atoms with Crippen LogP contribution in [0.4, 0.5) is 15.8 Å². The zero-order valence-electron chi connectivity index (χ0n) is 15.2. The van der Waals surface area contributed by atoms with Crippen LogP contribution < -0.4 is 15.4 Å². The molecule has 0 bridgehead atoms. The van der Waals surface area contributed by atoms with E-state index in [1.807, 2.05) is 6.07 Å². The molecule has 0 aliphatic rings. The number of nitrogens with zero attached hydrogens (tertiary/aromatic N) is 1. The fourth-order valence-electron chi connectivity index (χ4n) is 2.57. The van der Waals surface area contributed by atoms with Crippen molar-refractivity contribution in [1.29, 1.82) is 0 Å². The molecule has 0 spiro atoms. The summed E-state index contributed by atoms with van der Waals surface area (Å²) in [6.45, 7) is 0.441. The van der Waals surface area contributed by atoms with Crippen LogP contribution in [0.1, 0.15) is 16.1 Å². The fourth-order valence-corrected chi connectivity index (χ4v) is 2.83. The highest BCUT2D eigenvalue weighted by Crippen LogP contribution is 2.28. The van der Waals surface area contributed by atoms with Crippen LogP contribution in [0.15, 0.2) is 60.8 Å². The lowest BCUT2D eigenvalue weighted by molar-refractivity contribution is 0.0949. The maximum atomic E-state index is 12.9. The first-order valence-corrected chi connectivity index (χ1v) is 9.02. The lowest BCUT2D eigenvalue weighted by atomic mass is 10.1. The summed E-state index contributed by atoms with van der Waals surface area (Å²) in [6, 6.07) is 15.0. The summed E-state index contributed by atoms with van der Waals surface area (Å²) in [6.07, 6.45) is 2.19. The maximum absolute atomic E-state index is 12.9. The van der Waals surface area contributed by atoms with Crippen LogP contribution in [0.25, 0.3) is 0 Å². The molecule has 0 aliphatic carbocycles. The SMILES string of the molecule is COc1ccc(Nc2ccc(C(=O)NCCc3ccc(F)cc3)nc2)cc1Cl. The second-order valence-corrected chi connectivity index (χ2v) is 6.45. The molecule has 7 heteroatoms. The molecule has 0 radical (unpaired) electrons. The Hall–Kier alpha value is -3.12. The molecule has 3 aromatic rings. The fraction of sp³-hybridized carbons (Fsp3) is 0.143. The van der Waals surface area contributed by atoms with E-state index in [0.717, 1.165) is 16.9 Å². The Labute approximate surface area is 167 Å². The largest absolute Gasteiger partial charge is 0.495 e. The predicted molar refractivity (Wildman–Crippen MR) is 108 cm³/mol. The van der Waals surface area contributed by atoms with Gasteiger partial charge in [0.05, 0.1) is 24.0 Å². The van der Waals surface area contributed by atoms with Crippen molar-refractivity contribution in [3.8, 4) is 5.75 Å². The van der Waals surface area contributed by atoms with Gasteiger partial charge in [-0.05, 0) is 54.4 Å². The Morgan fingerprint density at radius 2 is 1.86 bits per heavy atom. The lowest BCUT2D eigenvalue weighted by Crippen LogP contribution is -2.26. The quantitative estimate of drug-likeness (QED) is 0.609. The van der Waals surface area contributed by atoms with Gasteiger partial charge in [-0.3, -0.25) is 4.79 Å². The number of hydrogen-bond acceptors (Lipinski definition) is 4. The molecule has 1 heterocycles. The molecule has 0 fully saturated rings. The summed E-state index contributed by atoms with van der Waals surface area (Å²) >= 11 is 6.11. The molecule has 0 unspecified atom stereocenters. The number of anilines is 2. The van der Waals surface area contributed by atoms with Crippen molar-refractivity contribution in [3.05, 3.63) is 82.9 Å². The highest BCUT2D eigenvalue weighted by molar-refractivity contribution is 6.32. The monoisotopic (exact) mass is 399 g/mol. The Bertz CT molecular complexity index is 947. The zero-order valence-corrected chi connectivity index (χ0v) is 16.0. The van der Waals surface area contributed by atoms with E-state index in [4.69, 9.17) is 16.3 Å². The molecule has 1 amide bonds. The van der Waals surface area contributed by atoms with Crippen LogP contribution >= 0.6 is 11.6 Å². The van der Waals surface area contributed by atoms with Crippen molar-refractivity contribution in [2.24, 2.45) is 0 Å². The van der Waals surface area contributed by atoms with Crippen LogP contribution in [0.5, 0.6) is 5.75 Å². The number of benzene rings is 2. The zero-order chi connectivity index (χ0) is 19.9. The minimum Gasteiger partial charge on any atom is -0.495 e. The van der Waals surface area contributed by atoms with Crippen molar-refractivity contribution in [2.45, 2.75) is 6.42 Å². The number of halogens is 2. The molecule has 2 N–H and O–H groups in total. The summed E-state index contributed by atoms with van der Waals surface area (Å²) in [5, 5.41) is 6.47. The van der Waals surface area contributed by atoms with Crippen molar-refractivity contribution >= 4 is 28.9 Å². The van der Waals surface area contributed by atoms with E-state index in [9.17, 15) is 9.18 Å². The van der Waals surface area contributed by atoms with Gasteiger partial charge in [-0.25, -0.2) is 9.37 Å². The summed E-state index contributed by atoms with van der Waals surface area (Å²) in [5.41, 5.74) is 2.78. The van der Waals surface area contributed by atoms with Crippen LogP contribution in [0, 0.1) is 5.82 Å². The van der Waals surface area contributed by atoms with E-state index in [1.165, 1.54) is 12.1 Å².